The minimum Gasteiger partial charge on any atom is -0.349 e. The number of hydrogen-bond acceptors (Lipinski definition) is 6. The van der Waals surface area contributed by atoms with Crippen LogP contribution in [0.15, 0.2) is 36.7 Å². The van der Waals surface area contributed by atoms with Crippen LogP contribution < -0.4 is 10.0 Å². The summed E-state index contributed by atoms with van der Waals surface area (Å²) in [6.07, 6.45) is 0.390. The first-order valence-electron chi connectivity index (χ1n) is 9.49. The predicted octanol–water partition coefficient (Wildman–Crippen LogP) is 2.27. The normalized spacial score (nSPS) is 16.1. The monoisotopic (exact) mass is 457 g/mol. The number of alkyl halides is 3. The number of hydrogen-bond donors (Lipinski definition) is 2. The van der Waals surface area contributed by atoms with E-state index in [1.807, 2.05) is 0 Å². The van der Waals surface area contributed by atoms with Crippen molar-refractivity contribution in [1.82, 2.24) is 20.2 Å². The number of nitrogens with one attached hydrogen (secondary N) is 2. The number of aromatic nitrogens is 2. The van der Waals surface area contributed by atoms with Gasteiger partial charge in [-0.05, 0) is 25.0 Å². The number of nitrogens with zero attached hydrogens (tertiary/aromatic N) is 3. The average molecular weight is 457 g/mol. The zero-order chi connectivity index (χ0) is 22.6. The third-order valence-corrected chi connectivity index (χ3v) is 5.27. The Balaban J connectivity index is 1.58. The number of likely N-dealkylation sites (tertiary alicyclic amines) is 1. The summed E-state index contributed by atoms with van der Waals surface area (Å²) in [6.45, 7) is -0.417. The third-order valence-electron chi connectivity index (χ3n) is 4.66. The Bertz CT molecular complexity index is 1020. The molecule has 1 saturated heterocycles. The van der Waals surface area contributed by atoms with Gasteiger partial charge in [-0.15, -0.1) is 0 Å². The number of anilines is 1. The van der Waals surface area contributed by atoms with Gasteiger partial charge in [0.05, 0.1) is 18.4 Å². The summed E-state index contributed by atoms with van der Waals surface area (Å²) in [5, 5.41) is 2.81. The van der Waals surface area contributed by atoms with Gasteiger partial charge in [-0.1, -0.05) is 12.1 Å². The zero-order valence-corrected chi connectivity index (χ0v) is 17.5. The van der Waals surface area contributed by atoms with Gasteiger partial charge in [0.1, 0.15) is 0 Å². The van der Waals surface area contributed by atoms with Crippen molar-refractivity contribution in [2.75, 3.05) is 30.6 Å². The first-order valence-corrected chi connectivity index (χ1v) is 11.4. The number of carbonyl (C=O) groups is 1. The largest absolute Gasteiger partial charge is 0.401 e. The SMILES string of the molecule is CS(=O)(=O)Nc1cccc(-c2ncc(C(=O)NC3CCN(CC(F)(F)F)CC3)cn2)c1. The minimum atomic E-state index is -4.23. The van der Waals surface area contributed by atoms with Crippen molar-refractivity contribution >= 4 is 21.6 Å². The van der Waals surface area contributed by atoms with Gasteiger partial charge in [0.2, 0.25) is 10.0 Å². The Morgan fingerprint density at radius 2 is 1.84 bits per heavy atom. The van der Waals surface area contributed by atoms with E-state index in [2.05, 4.69) is 20.0 Å². The van der Waals surface area contributed by atoms with Gasteiger partial charge in [-0.2, -0.15) is 13.2 Å². The van der Waals surface area contributed by atoms with Crippen LogP contribution in [0.5, 0.6) is 0 Å². The van der Waals surface area contributed by atoms with Crippen LogP contribution in [-0.2, 0) is 10.0 Å². The number of amides is 1. The fourth-order valence-electron chi connectivity index (χ4n) is 3.29. The van der Waals surface area contributed by atoms with Crippen LogP contribution in [0.4, 0.5) is 18.9 Å². The van der Waals surface area contributed by atoms with E-state index < -0.39 is 28.7 Å². The van der Waals surface area contributed by atoms with E-state index in [0.29, 0.717) is 29.9 Å². The zero-order valence-electron chi connectivity index (χ0n) is 16.7. The first kappa shape index (κ1) is 22.9. The second-order valence-electron chi connectivity index (χ2n) is 7.39. The molecule has 12 heteroatoms. The molecule has 8 nitrogen and oxygen atoms in total. The topological polar surface area (TPSA) is 104 Å². The van der Waals surface area contributed by atoms with E-state index in [1.165, 1.54) is 17.3 Å². The molecule has 0 bridgehead atoms. The number of sulfonamides is 1. The average Bonchev–Trinajstić information content (AvgIpc) is 2.67. The molecule has 0 atom stereocenters. The molecule has 1 aromatic carbocycles. The summed E-state index contributed by atoms with van der Waals surface area (Å²) in [7, 11) is -3.42. The second kappa shape index (κ2) is 9.18. The second-order valence-corrected chi connectivity index (χ2v) is 9.14. The number of carbonyl (C=O) groups excluding carboxylic acids is 1. The molecule has 1 aromatic heterocycles. The van der Waals surface area contributed by atoms with Crippen LogP contribution in [0.2, 0.25) is 0 Å². The molecule has 1 aliphatic heterocycles. The van der Waals surface area contributed by atoms with E-state index in [9.17, 15) is 26.4 Å². The molecule has 168 valence electrons. The molecular weight excluding hydrogens is 435 g/mol. The van der Waals surface area contributed by atoms with Crippen molar-refractivity contribution in [3.05, 3.63) is 42.2 Å². The highest BCUT2D eigenvalue weighted by atomic mass is 32.2. The molecule has 2 aromatic rings. The van der Waals surface area contributed by atoms with Gasteiger partial charge in [0.25, 0.3) is 5.91 Å². The maximum atomic E-state index is 12.5. The van der Waals surface area contributed by atoms with Crippen molar-refractivity contribution in [3.63, 3.8) is 0 Å². The molecule has 3 rings (SSSR count). The maximum absolute atomic E-state index is 12.5. The van der Waals surface area contributed by atoms with E-state index >= 15 is 0 Å². The smallest absolute Gasteiger partial charge is 0.349 e. The highest BCUT2D eigenvalue weighted by Crippen LogP contribution is 2.21. The number of piperidine rings is 1. The van der Waals surface area contributed by atoms with E-state index in [-0.39, 0.29) is 24.7 Å². The number of benzene rings is 1. The van der Waals surface area contributed by atoms with Crippen LogP contribution in [-0.4, -0.2) is 67.3 Å². The van der Waals surface area contributed by atoms with Gasteiger partial charge in [-0.25, -0.2) is 18.4 Å². The van der Waals surface area contributed by atoms with Crippen LogP contribution in [0, 0.1) is 0 Å². The van der Waals surface area contributed by atoms with Gasteiger partial charge >= 0.3 is 6.18 Å². The molecule has 1 amide bonds. The molecule has 0 aliphatic carbocycles. The molecular formula is C19H22F3N5O3S. The third kappa shape index (κ3) is 7.17. The fourth-order valence-corrected chi connectivity index (χ4v) is 3.84. The minimum absolute atomic E-state index is 0.213. The van der Waals surface area contributed by atoms with Crippen molar-refractivity contribution < 1.29 is 26.4 Å². The Labute approximate surface area is 177 Å². The number of halogens is 3. The van der Waals surface area contributed by atoms with Gasteiger partial charge in [0, 0.05) is 42.8 Å². The Kier molecular flexibility index (Phi) is 6.80. The molecule has 2 N–H and O–H groups in total. The van der Waals surface area contributed by atoms with E-state index in [1.54, 1.807) is 24.3 Å². The Hall–Kier alpha value is -2.73. The summed E-state index contributed by atoms with van der Waals surface area (Å²) < 4.78 is 62.5. The first-order chi connectivity index (χ1) is 14.5. The molecule has 0 spiro atoms. The molecule has 0 radical (unpaired) electrons. The van der Waals surface area contributed by atoms with Crippen LogP contribution in [0.25, 0.3) is 11.4 Å². The Morgan fingerprint density at radius 1 is 1.19 bits per heavy atom. The summed E-state index contributed by atoms with van der Waals surface area (Å²) in [6, 6.07) is 6.31. The summed E-state index contributed by atoms with van der Waals surface area (Å²) in [4.78, 5) is 22.1. The lowest BCUT2D eigenvalue weighted by Crippen LogP contribution is -2.47. The van der Waals surface area contributed by atoms with E-state index in [0.717, 1.165) is 6.26 Å². The van der Waals surface area contributed by atoms with Crippen molar-refractivity contribution in [2.45, 2.75) is 25.1 Å². The highest BCUT2D eigenvalue weighted by molar-refractivity contribution is 7.92. The lowest BCUT2D eigenvalue weighted by atomic mass is 10.0. The lowest BCUT2D eigenvalue weighted by Gasteiger charge is -2.32. The van der Waals surface area contributed by atoms with Crippen LogP contribution in [0.3, 0.4) is 0 Å². The lowest BCUT2D eigenvalue weighted by molar-refractivity contribution is -0.148. The van der Waals surface area contributed by atoms with Crippen LogP contribution in [0.1, 0.15) is 23.2 Å². The fraction of sp³-hybridized carbons (Fsp3) is 0.421. The number of rotatable bonds is 6. The van der Waals surface area contributed by atoms with Crippen LogP contribution >= 0.6 is 0 Å². The van der Waals surface area contributed by atoms with Gasteiger partial charge < -0.3 is 5.32 Å². The molecule has 0 saturated carbocycles. The van der Waals surface area contributed by atoms with Crippen molar-refractivity contribution in [2.24, 2.45) is 0 Å². The van der Waals surface area contributed by atoms with Gasteiger partial charge in [0.15, 0.2) is 5.82 Å². The molecule has 1 aliphatic rings. The molecule has 31 heavy (non-hydrogen) atoms. The van der Waals surface area contributed by atoms with Crippen molar-refractivity contribution in [1.29, 1.82) is 0 Å². The summed E-state index contributed by atoms with van der Waals surface area (Å²) in [5.41, 5.74) is 1.16. The van der Waals surface area contributed by atoms with Gasteiger partial charge in [-0.3, -0.25) is 14.4 Å². The standard InChI is InChI=1S/C19H22F3N5O3S/c1-31(29,30)26-16-4-2-3-13(9-16)17-23-10-14(11-24-17)18(28)25-15-5-7-27(8-6-15)12-19(20,21)22/h2-4,9-11,15,26H,5-8,12H2,1H3,(H,25,28). The Morgan fingerprint density at radius 3 is 2.42 bits per heavy atom. The van der Waals surface area contributed by atoms with Crippen molar-refractivity contribution in [3.8, 4) is 11.4 Å². The van der Waals surface area contributed by atoms with E-state index in [4.69, 9.17) is 0 Å². The molecule has 1 fully saturated rings. The quantitative estimate of drug-likeness (QED) is 0.690. The molecule has 0 unspecified atom stereocenters. The maximum Gasteiger partial charge on any atom is 0.401 e. The highest BCUT2D eigenvalue weighted by Gasteiger charge is 2.32. The summed E-state index contributed by atoms with van der Waals surface area (Å²) >= 11 is 0. The molecule has 2 heterocycles. The summed E-state index contributed by atoms with van der Waals surface area (Å²) in [5.74, 6) is -0.0810. The predicted molar refractivity (Wildman–Crippen MR) is 109 cm³/mol.